The zero-order valence-corrected chi connectivity index (χ0v) is 16.3. The Bertz CT molecular complexity index is 896. The molecule has 4 rings (SSSR count). The van der Waals surface area contributed by atoms with Crippen LogP contribution in [0.1, 0.15) is 43.0 Å². The molecule has 2 aliphatic rings. The van der Waals surface area contributed by atoms with Gasteiger partial charge in [-0.05, 0) is 34.9 Å². The van der Waals surface area contributed by atoms with Gasteiger partial charge < -0.3 is 14.8 Å². The number of ketones is 1. The summed E-state index contributed by atoms with van der Waals surface area (Å²) in [5.41, 5.74) is 3.98. The lowest BCUT2D eigenvalue weighted by Crippen LogP contribution is -2.33. The van der Waals surface area contributed by atoms with Gasteiger partial charge in [-0.1, -0.05) is 19.9 Å². The molecule has 1 aromatic carbocycles. The molecule has 0 radical (unpaired) electrons. The molecule has 26 heavy (non-hydrogen) atoms. The monoisotopic (exact) mass is 369 g/mol. The van der Waals surface area contributed by atoms with Crippen LogP contribution in [0.2, 0.25) is 0 Å². The standard InChI is InChI=1S/C21H23NO3S/c1-21(2)10-14-20(15(23)11-21)19(18-6-5-7-26-18)12-8-16(24-3)17(25-4)9-13(12)22-14/h5-9,19,22H,10-11H2,1-4H3/t19-/m0/s1. The first kappa shape index (κ1) is 17.2. The largest absolute Gasteiger partial charge is 0.493 e. The summed E-state index contributed by atoms with van der Waals surface area (Å²) in [6, 6.07) is 8.13. The number of hydrogen-bond donors (Lipinski definition) is 1. The van der Waals surface area contributed by atoms with Gasteiger partial charge in [-0.2, -0.15) is 0 Å². The van der Waals surface area contributed by atoms with E-state index in [4.69, 9.17) is 9.47 Å². The Hall–Kier alpha value is -2.27. The van der Waals surface area contributed by atoms with Crippen LogP contribution in [-0.2, 0) is 4.79 Å². The zero-order valence-electron chi connectivity index (χ0n) is 15.5. The number of carbonyl (C=O) groups excluding carboxylic acids is 1. The quantitative estimate of drug-likeness (QED) is 0.830. The van der Waals surface area contributed by atoms with Crippen LogP contribution < -0.4 is 14.8 Å². The number of nitrogens with one attached hydrogen (secondary N) is 1. The lowest BCUT2D eigenvalue weighted by molar-refractivity contribution is -0.118. The van der Waals surface area contributed by atoms with Gasteiger partial charge >= 0.3 is 0 Å². The molecule has 1 atom stereocenters. The Labute approximate surface area is 157 Å². The number of ether oxygens (including phenoxy) is 2. The number of fused-ring (bicyclic) bond motifs is 1. The van der Waals surface area contributed by atoms with Crippen LogP contribution in [0.25, 0.3) is 0 Å². The van der Waals surface area contributed by atoms with E-state index in [1.54, 1.807) is 25.6 Å². The molecular weight excluding hydrogens is 346 g/mol. The maximum absolute atomic E-state index is 13.1. The first-order chi connectivity index (χ1) is 12.4. The summed E-state index contributed by atoms with van der Waals surface area (Å²) in [5.74, 6) is 1.56. The minimum Gasteiger partial charge on any atom is -0.493 e. The van der Waals surface area contributed by atoms with Crippen LogP contribution in [-0.4, -0.2) is 20.0 Å². The predicted molar refractivity (Wildman–Crippen MR) is 104 cm³/mol. The third-order valence-electron chi connectivity index (χ3n) is 5.19. The number of benzene rings is 1. The number of methoxy groups -OCH3 is 2. The number of rotatable bonds is 3. The molecule has 0 saturated carbocycles. The number of allylic oxidation sites excluding steroid dienone is 2. The molecule has 4 nitrogen and oxygen atoms in total. The summed E-state index contributed by atoms with van der Waals surface area (Å²) in [6.45, 7) is 4.31. The van der Waals surface area contributed by atoms with Crippen LogP contribution in [0, 0.1) is 5.41 Å². The van der Waals surface area contributed by atoms with E-state index in [0.717, 1.165) is 28.9 Å². The van der Waals surface area contributed by atoms with Crippen molar-refractivity contribution in [3.63, 3.8) is 0 Å². The molecule has 0 bridgehead atoms. The maximum Gasteiger partial charge on any atom is 0.162 e. The lowest BCUT2D eigenvalue weighted by Gasteiger charge is -2.39. The van der Waals surface area contributed by atoms with Crippen LogP contribution in [0.15, 0.2) is 40.9 Å². The number of anilines is 1. The van der Waals surface area contributed by atoms with Gasteiger partial charge in [0.05, 0.1) is 20.1 Å². The fourth-order valence-corrected chi connectivity index (χ4v) is 4.94. The van der Waals surface area contributed by atoms with Crippen molar-refractivity contribution >= 4 is 22.8 Å². The predicted octanol–water partition coefficient (Wildman–Crippen LogP) is 4.97. The van der Waals surface area contributed by atoms with E-state index in [1.807, 2.05) is 18.2 Å². The minimum absolute atomic E-state index is 0.0308. The van der Waals surface area contributed by atoms with Gasteiger partial charge in [0.1, 0.15) is 0 Å². The molecule has 0 fully saturated rings. The summed E-state index contributed by atoms with van der Waals surface area (Å²) in [7, 11) is 3.28. The molecule has 0 unspecified atom stereocenters. The number of carbonyl (C=O) groups is 1. The summed E-state index contributed by atoms with van der Waals surface area (Å²) in [4.78, 5) is 14.3. The normalized spacial score (nSPS) is 20.9. The minimum atomic E-state index is -0.0512. The van der Waals surface area contributed by atoms with Gasteiger partial charge in [0.15, 0.2) is 17.3 Å². The van der Waals surface area contributed by atoms with Gasteiger partial charge in [0.25, 0.3) is 0 Å². The molecular formula is C21H23NO3S. The summed E-state index contributed by atoms with van der Waals surface area (Å²) < 4.78 is 11.0. The summed E-state index contributed by atoms with van der Waals surface area (Å²) in [5, 5.41) is 5.60. The van der Waals surface area contributed by atoms with Gasteiger partial charge in [0, 0.05) is 34.3 Å². The van der Waals surface area contributed by atoms with E-state index >= 15 is 0 Å². The molecule has 1 aliphatic carbocycles. The average molecular weight is 369 g/mol. The molecule has 0 saturated heterocycles. The topological polar surface area (TPSA) is 47.6 Å². The Morgan fingerprint density at radius 1 is 1.15 bits per heavy atom. The van der Waals surface area contributed by atoms with Gasteiger partial charge in [-0.25, -0.2) is 0 Å². The SMILES string of the molecule is COc1cc2c(cc1OC)[C@@H](c1cccs1)C1=C(CC(C)(C)CC1=O)N2. The van der Waals surface area contributed by atoms with Crippen LogP contribution in [0.5, 0.6) is 11.5 Å². The first-order valence-electron chi connectivity index (χ1n) is 8.76. The fraction of sp³-hybridized carbons (Fsp3) is 0.381. The lowest BCUT2D eigenvalue weighted by atomic mass is 9.70. The van der Waals surface area contributed by atoms with E-state index in [0.29, 0.717) is 17.9 Å². The molecule has 5 heteroatoms. The summed E-state index contributed by atoms with van der Waals surface area (Å²) >= 11 is 1.69. The molecule has 1 aromatic heterocycles. The molecule has 2 aromatic rings. The van der Waals surface area contributed by atoms with Gasteiger partial charge in [-0.15, -0.1) is 11.3 Å². The second-order valence-corrected chi connectivity index (χ2v) is 8.68. The molecule has 136 valence electrons. The van der Waals surface area contributed by atoms with E-state index in [1.165, 1.54) is 4.88 Å². The second kappa shape index (κ2) is 6.16. The van der Waals surface area contributed by atoms with Crippen molar-refractivity contribution in [3.8, 4) is 11.5 Å². The Balaban J connectivity index is 1.94. The summed E-state index contributed by atoms with van der Waals surface area (Å²) in [6.07, 6.45) is 1.45. The van der Waals surface area contributed by atoms with Crippen LogP contribution in [0.4, 0.5) is 5.69 Å². The van der Waals surface area contributed by atoms with E-state index in [9.17, 15) is 4.79 Å². The van der Waals surface area contributed by atoms with Crippen LogP contribution >= 0.6 is 11.3 Å². The molecule has 1 N–H and O–H groups in total. The highest BCUT2D eigenvalue weighted by atomic mass is 32.1. The van der Waals surface area contributed by atoms with Crippen molar-refractivity contribution < 1.29 is 14.3 Å². The van der Waals surface area contributed by atoms with Crippen molar-refractivity contribution in [2.45, 2.75) is 32.6 Å². The Morgan fingerprint density at radius 2 is 1.88 bits per heavy atom. The van der Waals surface area contributed by atoms with Crippen molar-refractivity contribution in [1.82, 2.24) is 0 Å². The average Bonchev–Trinajstić information content (AvgIpc) is 3.11. The van der Waals surface area contributed by atoms with Crippen LogP contribution in [0.3, 0.4) is 0 Å². The third-order valence-corrected chi connectivity index (χ3v) is 6.13. The van der Waals surface area contributed by atoms with Gasteiger partial charge in [0.2, 0.25) is 0 Å². The van der Waals surface area contributed by atoms with Gasteiger partial charge in [-0.3, -0.25) is 4.79 Å². The molecule has 1 aliphatic heterocycles. The van der Waals surface area contributed by atoms with E-state index in [2.05, 4.69) is 30.6 Å². The number of hydrogen-bond acceptors (Lipinski definition) is 5. The Morgan fingerprint density at radius 3 is 2.54 bits per heavy atom. The number of Topliss-reactive ketones (excluding diaryl/α,β-unsaturated/α-hetero) is 1. The van der Waals surface area contributed by atoms with Crippen molar-refractivity contribution in [3.05, 3.63) is 51.4 Å². The van der Waals surface area contributed by atoms with E-state index in [-0.39, 0.29) is 17.1 Å². The first-order valence-corrected chi connectivity index (χ1v) is 9.64. The zero-order chi connectivity index (χ0) is 18.5. The van der Waals surface area contributed by atoms with Crippen molar-refractivity contribution in [2.75, 3.05) is 19.5 Å². The second-order valence-electron chi connectivity index (χ2n) is 7.70. The number of thiophene rings is 1. The highest BCUT2D eigenvalue weighted by Gasteiger charge is 2.41. The van der Waals surface area contributed by atoms with Crippen molar-refractivity contribution in [2.24, 2.45) is 5.41 Å². The smallest absolute Gasteiger partial charge is 0.162 e. The van der Waals surface area contributed by atoms with Crippen molar-refractivity contribution in [1.29, 1.82) is 0 Å². The van der Waals surface area contributed by atoms with E-state index < -0.39 is 0 Å². The third kappa shape index (κ3) is 2.71. The highest BCUT2D eigenvalue weighted by molar-refractivity contribution is 7.10. The fourth-order valence-electron chi connectivity index (χ4n) is 4.09. The Kier molecular flexibility index (Phi) is 4.07. The highest BCUT2D eigenvalue weighted by Crippen LogP contribution is 2.51. The maximum atomic E-state index is 13.1. The molecule has 2 heterocycles. The molecule has 0 amide bonds. The molecule has 0 spiro atoms.